The van der Waals surface area contributed by atoms with Gasteiger partial charge in [-0.2, -0.15) is 0 Å². The Morgan fingerprint density at radius 2 is 1.95 bits per heavy atom. The highest BCUT2D eigenvalue weighted by Crippen LogP contribution is 2.29. The lowest BCUT2D eigenvalue weighted by atomic mass is 10.0. The highest BCUT2D eigenvalue weighted by molar-refractivity contribution is 7.91. The molecule has 1 aromatic rings. The van der Waals surface area contributed by atoms with E-state index in [1.54, 1.807) is 4.90 Å². The molecule has 120 valence electrons. The molecule has 22 heavy (non-hydrogen) atoms. The normalized spacial score (nSPS) is 27.6. The van der Waals surface area contributed by atoms with Crippen LogP contribution in [0.3, 0.4) is 0 Å². The van der Waals surface area contributed by atoms with E-state index in [0.717, 1.165) is 0 Å². The summed E-state index contributed by atoms with van der Waals surface area (Å²) in [5.41, 5.74) is 0.357. The van der Waals surface area contributed by atoms with Gasteiger partial charge in [0.15, 0.2) is 9.84 Å². The van der Waals surface area contributed by atoms with E-state index in [-0.39, 0.29) is 40.3 Å². The number of likely N-dealkylation sites (N-methyl/N-ethyl adjacent to an activating group) is 1. The smallest absolute Gasteiger partial charge is 0.254 e. The maximum absolute atomic E-state index is 12.7. The van der Waals surface area contributed by atoms with E-state index in [2.05, 4.69) is 0 Å². The van der Waals surface area contributed by atoms with Crippen LogP contribution in [-0.2, 0) is 9.84 Å². The van der Waals surface area contributed by atoms with E-state index >= 15 is 0 Å². The zero-order valence-electron chi connectivity index (χ0n) is 12.1. The molecule has 1 N–H and O–H groups in total. The fourth-order valence-electron chi connectivity index (χ4n) is 3.18. The summed E-state index contributed by atoms with van der Waals surface area (Å²) in [5.74, 6) is -0.242. The monoisotopic (exact) mass is 344 g/mol. The van der Waals surface area contributed by atoms with Crippen molar-refractivity contribution >= 4 is 27.3 Å². The number of piperazine rings is 1. The Morgan fingerprint density at radius 3 is 2.64 bits per heavy atom. The number of sulfone groups is 1. The molecule has 1 aromatic carbocycles. The summed E-state index contributed by atoms with van der Waals surface area (Å²) in [6.45, 7) is 1.11. The molecule has 1 amide bonds. The van der Waals surface area contributed by atoms with Crippen molar-refractivity contribution in [3.8, 4) is 5.75 Å². The van der Waals surface area contributed by atoms with Gasteiger partial charge in [0, 0.05) is 24.7 Å². The van der Waals surface area contributed by atoms with E-state index < -0.39 is 9.84 Å². The highest BCUT2D eigenvalue weighted by atomic mass is 35.5. The number of rotatable bonds is 1. The lowest BCUT2D eigenvalue weighted by molar-refractivity contribution is 0.0410. The third kappa shape index (κ3) is 2.68. The van der Waals surface area contributed by atoms with Gasteiger partial charge in [-0.1, -0.05) is 11.6 Å². The molecule has 0 aromatic heterocycles. The molecule has 2 saturated heterocycles. The Balaban J connectivity index is 1.90. The molecule has 0 unspecified atom stereocenters. The van der Waals surface area contributed by atoms with E-state index in [0.29, 0.717) is 18.7 Å². The van der Waals surface area contributed by atoms with Crippen LogP contribution in [0.1, 0.15) is 10.4 Å². The molecule has 3 rings (SSSR count). The molecule has 2 heterocycles. The van der Waals surface area contributed by atoms with Crippen LogP contribution in [-0.4, -0.2) is 73.0 Å². The third-order valence-corrected chi connectivity index (χ3v) is 6.41. The number of carbonyl (C=O) groups is 1. The van der Waals surface area contributed by atoms with Gasteiger partial charge in [-0.3, -0.25) is 9.69 Å². The minimum atomic E-state index is -3.13. The van der Waals surface area contributed by atoms with Crippen molar-refractivity contribution in [3.05, 3.63) is 28.8 Å². The molecule has 0 spiro atoms. The fraction of sp³-hybridized carbons (Fsp3) is 0.500. The van der Waals surface area contributed by atoms with Gasteiger partial charge in [-0.05, 0) is 25.2 Å². The van der Waals surface area contributed by atoms with Crippen LogP contribution >= 0.6 is 11.6 Å². The van der Waals surface area contributed by atoms with Crippen LogP contribution in [0.2, 0.25) is 5.02 Å². The Bertz CT molecular complexity index is 722. The van der Waals surface area contributed by atoms with Crippen molar-refractivity contribution in [2.45, 2.75) is 12.1 Å². The average molecular weight is 345 g/mol. The molecule has 2 aliphatic heterocycles. The minimum absolute atomic E-state index is 0.000434. The number of benzene rings is 1. The molecular weight excluding hydrogens is 328 g/mol. The second-order valence-corrected chi connectivity index (χ2v) is 8.42. The van der Waals surface area contributed by atoms with Gasteiger partial charge >= 0.3 is 0 Å². The molecule has 0 bridgehead atoms. The van der Waals surface area contributed by atoms with Crippen LogP contribution in [0, 0.1) is 0 Å². The summed E-state index contributed by atoms with van der Waals surface area (Å²) < 4.78 is 23.9. The predicted molar refractivity (Wildman–Crippen MR) is 83.0 cm³/mol. The summed E-state index contributed by atoms with van der Waals surface area (Å²) in [5, 5.41) is 9.55. The standard InChI is InChI=1S/C14H17ClN2O4S/c1-16-4-5-17(12-8-22(20,21)7-11(12)16)14(19)9-2-3-13(18)10(15)6-9/h2-3,6,11-12,18H,4-5,7-8H2,1H3/t11-,12+/m0/s1. The number of carbonyl (C=O) groups excluding carboxylic acids is 1. The summed E-state index contributed by atoms with van der Waals surface area (Å²) in [6, 6.07) is 3.80. The van der Waals surface area contributed by atoms with Crippen LogP contribution < -0.4 is 0 Å². The lowest BCUT2D eigenvalue weighted by Crippen LogP contribution is -2.59. The van der Waals surface area contributed by atoms with E-state index in [9.17, 15) is 18.3 Å². The van der Waals surface area contributed by atoms with Crippen molar-refractivity contribution in [2.75, 3.05) is 31.6 Å². The van der Waals surface area contributed by atoms with Crippen molar-refractivity contribution in [3.63, 3.8) is 0 Å². The molecule has 0 radical (unpaired) electrons. The first-order valence-corrected chi connectivity index (χ1v) is 9.18. The molecule has 0 aliphatic carbocycles. The topological polar surface area (TPSA) is 77.9 Å². The van der Waals surface area contributed by atoms with Gasteiger partial charge in [-0.25, -0.2) is 8.42 Å². The summed E-state index contributed by atoms with van der Waals surface area (Å²) >= 11 is 5.85. The molecular formula is C14H17ClN2O4S. The highest BCUT2D eigenvalue weighted by Gasteiger charge is 2.47. The Hall–Kier alpha value is -1.31. The van der Waals surface area contributed by atoms with Gasteiger partial charge in [0.2, 0.25) is 0 Å². The van der Waals surface area contributed by atoms with Gasteiger partial charge in [0.25, 0.3) is 5.91 Å². The Morgan fingerprint density at radius 1 is 1.27 bits per heavy atom. The molecule has 2 atom stereocenters. The summed E-state index contributed by atoms with van der Waals surface area (Å²) in [6.07, 6.45) is 0. The maximum atomic E-state index is 12.7. The van der Waals surface area contributed by atoms with Crippen molar-refractivity contribution in [1.29, 1.82) is 0 Å². The predicted octanol–water partition coefficient (Wildman–Crippen LogP) is 0.599. The molecule has 2 aliphatic rings. The van der Waals surface area contributed by atoms with Crippen molar-refractivity contribution < 1.29 is 18.3 Å². The number of phenolic OH excluding ortho intramolecular Hbond substituents is 1. The largest absolute Gasteiger partial charge is 0.506 e. The van der Waals surface area contributed by atoms with E-state index in [1.165, 1.54) is 18.2 Å². The zero-order chi connectivity index (χ0) is 16.1. The summed E-state index contributed by atoms with van der Waals surface area (Å²) in [7, 11) is -1.24. The SMILES string of the molecule is CN1CCN(C(=O)c2ccc(O)c(Cl)c2)[C@@H]2CS(=O)(=O)C[C@@H]21. The molecule has 6 nitrogen and oxygen atoms in total. The minimum Gasteiger partial charge on any atom is -0.506 e. The first-order chi connectivity index (χ1) is 10.3. The zero-order valence-corrected chi connectivity index (χ0v) is 13.6. The first kappa shape index (κ1) is 15.6. The van der Waals surface area contributed by atoms with Crippen molar-refractivity contribution in [1.82, 2.24) is 9.80 Å². The van der Waals surface area contributed by atoms with Gasteiger partial charge in [0.1, 0.15) is 5.75 Å². The van der Waals surface area contributed by atoms with Crippen LogP contribution in [0.4, 0.5) is 0 Å². The molecule has 2 fully saturated rings. The Labute approximate surface area is 134 Å². The fourth-order valence-corrected chi connectivity index (χ4v) is 5.42. The second kappa shape index (κ2) is 5.40. The number of hydrogen-bond acceptors (Lipinski definition) is 5. The second-order valence-electron chi connectivity index (χ2n) is 5.86. The van der Waals surface area contributed by atoms with Crippen molar-refractivity contribution in [2.24, 2.45) is 0 Å². The van der Waals surface area contributed by atoms with E-state index in [1.807, 2.05) is 11.9 Å². The molecule has 8 heteroatoms. The van der Waals surface area contributed by atoms with Crippen LogP contribution in [0.5, 0.6) is 5.75 Å². The lowest BCUT2D eigenvalue weighted by Gasteiger charge is -2.42. The number of amides is 1. The van der Waals surface area contributed by atoms with Crippen LogP contribution in [0.25, 0.3) is 0 Å². The summed E-state index contributed by atoms with van der Waals surface area (Å²) in [4.78, 5) is 16.3. The first-order valence-electron chi connectivity index (χ1n) is 6.98. The number of hydrogen-bond donors (Lipinski definition) is 1. The third-order valence-electron chi connectivity index (χ3n) is 4.41. The number of phenols is 1. The van der Waals surface area contributed by atoms with Crippen LogP contribution in [0.15, 0.2) is 18.2 Å². The van der Waals surface area contributed by atoms with Gasteiger partial charge < -0.3 is 10.0 Å². The average Bonchev–Trinajstić information content (AvgIpc) is 2.78. The Kier molecular flexibility index (Phi) is 3.82. The quantitative estimate of drug-likeness (QED) is 0.807. The van der Waals surface area contributed by atoms with Gasteiger partial charge in [-0.15, -0.1) is 0 Å². The number of fused-ring (bicyclic) bond motifs is 1. The molecule has 0 saturated carbocycles. The van der Waals surface area contributed by atoms with Gasteiger partial charge in [0.05, 0.1) is 22.6 Å². The number of halogens is 1. The number of nitrogens with zero attached hydrogens (tertiary/aromatic N) is 2. The maximum Gasteiger partial charge on any atom is 0.254 e. The van der Waals surface area contributed by atoms with E-state index in [4.69, 9.17) is 11.6 Å². The number of aromatic hydroxyl groups is 1.